The van der Waals surface area contributed by atoms with Gasteiger partial charge in [-0.3, -0.25) is 4.79 Å². The molecule has 0 radical (unpaired) electrons. The van der Waals surface area contributed by atoms with E-state index in [4.69, 9.17) is 0 Å². The Morgan fingerprint density at radius 3 is 2.87 bits per heavy atom. The first-order valence-corrected chi connectivity index (χ1v) is 10.4. The van der Waals surface area contributed by atoms with Gasteiger partial charge < -0.3 is 9.88 Å². The number of rotatable bonds is 3. The molecule has 0 fully saturated rings. The first-order valence-electron chi connectivity index (χ1n) is 10.4. The number of benzene rings is 1. The summed E-state index contributed by atoms with van der Waals surface area (Å²) in [5.41, 5.74) is 3.39. The third-order valence-electron chi connectivity index (χ3n) is 5.67. The van der Waals surface area contributed by atoms with Crippen molar-refractivity contribution < 1.29 is 9.18 Å². The smallest absolute Gasteiger partial charge is 0.259 e. The average molecular weight is 419 g/mol. The fourth-order valence-electron chi connectivity index (χ4n) is 4.04. The van der Waals surface area contributed by atoms with Gasteiger partial charge in [0, 0.05) is 30.9 Å². The number of halogens is 1. The first kappa shape index (κ1) is 19.3. The van der Waals surface area contributed by atoms with Crippen molar-refractivity contribution in [1.82, 2.24) is 29.4 Å². The third-order valence-corrected chi connectivity index (χ3v) is 5.67. The summed E-state index contributed by atoms with van der Waals surface area (Å²) in [7, 11) is 0. The lowest BCUT2D eigenvalue weighted by molar-refractivity contribution is 0.102. The number of carbonyl (C=O) groups excluding carboxylic acids is 1. The molecule has 0 unspecified atom stereocenters. The Morgan fingerprint density at radius 2 is 2.00 bits per heavy atom. The van der Waals surface area contributed by atoms with Crippen molar-refractivity contribution in [2.24, 2.45) is 0 Å². The van der Waals surface area contributed by atoms with Crippen LogP contribution in [0.1, 0.15) is 46.8 Å². The van der Waals surface area contributed by atoms with E-state index in [1.807, 2.05) is 24.5 Å². The number of nitrogens with one attached hydrogen (secondary N) is 1. The summed E-state index contributed by atoms with van der Waals surface area (Å²) in [4.78, 5) is 17.2. The third kappa shape index (κ3) is 3.45. The van der Waals surface area contributed by atoms with E-state index in [2.05, 4.69) is 25.6 Å². The van der Waals surface area contributed by atoms with Crippen molar-refractivity contribution in [3.05, 3.63) is 59.1 Å². The maximum atomic E-state index is 14.7. The minimum atomic E-state index is -0.399. The maximum Gasteiger partial charge on any atom is 0.259 e. The molecule has 1 aliphatic rings. The van der Waals surface area contributed by atoms with Gasteiger partial charge in [0.2, 0.25) is 0 Å². The van der Waals surface area contributed by atoms with E-state index in [0.717, 1.165) is 43.7 Å². The summed E-state index contributed by atoms with van der Waals surface area (Å²) in [6.07, 6.45) is 5.56. The summed E-state index contributed by atoms with van der Waals surface area (Å²) < 4.78 is 18.3. The molecule has 0 aliphatic carbocycles. The van der Waals surface area contributed by atoms with Gasteiger partial charge in [-0.2, -0.15) is 5.10 Å². The standard InChI is InChI=1S/C22H22FN7O/c1-13-10-20-24-12-17(14(2)30(20)28-13)22(31)25-15-7-8-18(23)16(11-15)21-27-26-19-6-4-3-5-9-29(19)21/h7-8,10-12H,3-6,9H2,1-2H3,(H,25,31). The number of fused-ring (bicyclic) bond motifs is 2. The van der Waals surface area contributed by atoms with Gasteiger partial charge in [-0.05, 0) is 44.9 Å². The van der Waals surface area contributed by atoms with Gasteiger partial charge in [0.05, 0.1) is 22.5 Å². The van der Waals surface area contributed by atoms with E-state index >= 15 is 0 Å². The van der Waals surface area contributed by atoms with Gasteiger partial charge in [-0.15, -0.1) is 10.2 Å². The zero-order valence-electron chi connectivity index (χ0n) is 17.4. The summed E-state index contributed by atoms with van der Waals surface area (Å²) in [5.74, 6) is 0.643. The van der Waals surface area contributed by atoms with Crippen LogP contribution in [0.4, 0.5) is 10.1 Å². The molecule has 1 amide bonds. The minimum Gasteiger partial charge on any atom is -0.322 e. The van der Waals surface area contributed by atoms with Crippen molar-refractivity contribution in [1.29, 1.82) is 0 Å². The Hall–Kier alpha value is -3.62. The Bertz CT molecular complexity index is 1310. The second-order valence-corrected chi connectivity index (χ2v) is 7.86. The Balaban J connectivity index is 1.47. The SMILES string of the molecule is Cc1cc2ncc(C(=O)Nc3ccc(F)c(-c4nnc5n4CCCCC5)c3)c(C)n2n1. The molecule has 0 bridgehead atoms. The molecule has 4 heterocycles. The van der Waals surface area contributed by atoms with E-state index in [9.17, 15) is 9.18 Å². The second kappa shape index (κ2) is 7.57. The van der Waals surface area contributed by atoms with Gasteiger partial charge in [-0.1, -0.05) is 6.42 Å². The number of aromatic nitrogens is 6. The van der Waals surface area contributed by atoms with E-state index in [1.54, 1.807) is 10.6 Å². The zero-order valence-corrected chi connectivity index (χ0v) is 17.4. The van der Waals surface area contributed by atoms with Crippen LogP contribution >= 0.6 is 0 Å². The van der Waals surface area contributed by atoms with Crippen molar-refractivity contribution >= 4 is 17.2 Å². The van der Waals surface area contributed by atoms with Gasteiger partial charge in [0.1, 0.15) is 11.6 Å². The molecule has 158 valence electrons. The monoisotopic (exact) mass is 419 g/mol. The fraction of sp³-hybridized carbons (Fsp3) is 0.318. The Labute approximate surface area is 178 Å². The Kier molecular flexibility index (Phi) is 4.72. The topological polar surface area (TPSA) is 90.0 Å². The summed E-state index contributed by atoms with van der Waals surface area (Å²) in [6, 6.07) is 6.33. The highest BCUT2D eigenvalue weighted by Gasteiger charge is 2.20. The van der Waals surface area contributed by atoms with Crippen LogP contribution in [0.3, 0.4) is 0 Å². The molecule has 0 saturated carbocycles. The number of carbonyl (C=O) groups is 1. The number of anilines is 1. The molecule has 9 heteroatoms. The molecule has 31 heavy (non-hydrogen) atoms. The molecule has 0 atom stereocenters. The average Bonchev–Trinajstić information content (AvgIpc) is 3.25. The molecule has 1 aromatic carbocycles. The van der Waals surface area contributed by atoms with Gasteiger partial charge in [-0.25, -0.2) is 13.9 Å². The molecule has 0 spiro atoms. The van der Waals surface area contributed by atoms with E-state index in [-0.39, 0.29) is 5.91 Å². The van der Waals surface area contributed by atoms with Crippen LogP contribution in [0.15, 0.2) is 30.5 Å². The molecule has 4 aromatic rings. The highest BCUT2D eigenvalue weighted by molar-refractivity contribution is 6.05. The van der Waals surface area contributed by atoms with Crippen LogP contribution in [-0.4, -0.2) is 35.3 Å². The lowest BCUT2D eigenvalue weighted by Gasteiger charge is -2.11. The molecule has 3 aromatic heterocycles. The van der Waals surface area contributed by atoms with Crippen molar-refractivity contribution in [2.45, 2.75) is 46.1 Å². The van der Waals surface area contributed by atoms with Crippen LogP contribution < -0.4 is 5.32 Å². The van der Waals surface area contributed by atoms with Crippen LogP contribution in [0.25, 0.3) is 17.0 Å². The number of amides is 1. The van der Waals surface area contributed by atoms with Crippen molar-refractivity contribution in [3.63, 3.8) is 0 Å². The first-order chi connectivity index (χ1) is 15.0. The van der Waals surface area contributed by atoms with Crippen LogP contribution in [0.5, 0.6) is 0 Å². The lowest BCUT2D eigenvalue weighted by atomic mass is 10.1. The minimum absolute atomic E-state index is 0.325. The van der Waals surface area contributed by atoms with Crippen LogP contribution in [-0.2, 0) is 13.0 Å². The number of nitrogens with zero attached hydrogens (tertiary/aromatic N) is 6. The van der Waals surface area contributed by atoms with Gasteiger partial charge >= 0.3 is 0 Å². The molecule has 0 saturated heterocycles. The Morgan fingerprint density at radius 1 is 1.13 bits per heavy atom. The summed E-state index contributed by atoms with van der Waals surface area (Å²) in [6.45, 7) is 4.46. The summed E-state index contributed by atoms with van der Waals surface area (Å²) in [5, 5.41) is 15.7. The number of hydrogen-bond donors (Lipinski definition) is 1. The van der Waals surface area contributed by atoms with Crippen molar-refractivity contribution in [3.8, 4) is 11.4 Å². The molecule has 1 aliphatic heterocycles. The predicted octanol–water partition coefficient (Wildman–Crippen LogP) is 3.72. The molecule has 1 N–H and O–H groups in total. The maximum absolute atomic E-state index is 14.7. The number of hydrogen-bond acceptors (Lipinski definition) is 5. The molecular weight excluding hydrogens is 397 g/mol. The molecular formula is C22H22FN7O. The van der Waals surface area contributed by atoms with Crippen molar-refractivity contribution in [2.75, 3.05) is 5.32 Å². The molecule has 5 rings (SSSR count). The fourth-order valence-corrected chi connectivity index (χ4v) is 4.04. The number of aryl methyl sites for hydroxylation is 3. The van der Waals surface area contributed by atoms with Crippen LogP contribution in [0, 0.1) is 19.7 Å². The quantitative estimate of drug-likeness (QED) is 0.547. The van der Waals surface area contributed by atoms with E-state index in [1.165, 1.54) is 18.3 Å². The predicted molar refractivity (Wildman–Crippen MR) is 113 cm³/mol. The zero-order chi connectivity index (χ0) is 21.5. The largest absolute Gasteiger partial charge is 0.322 e. The van der Waals surface area contributed by atoms with E-state index < -0.39 is 5.82 Å². The highest BCUT2D eigenvalue weighted by Crippen LogP contribution is 2.28. The van der Waals surface area contributed by atoms with Gasteiger partial charge in [0.15, 0.2) is 11.5 Å². The summed E-state index contributed by atoms with van der Waals surface area (Å²) >= 11 is 0. The lowest BCUT2D eigenvalue weighted by Crippen LogP contribution is -2.16. The molecule has 8 nitrogen and oxygen atoms in total. The van der Waals surface area contributed by atoms with Crippen LogP contribution in [0.2, 0.25) is 0 Å². The normalized spacial score (nSPS) is 13.8. The van der Waals surface area contributed by atoms with Gasteiger partial charge in [0.25, 0.3) is 5.91 Å². The highest BCUT2D eigenvalue weighted by atomic mass is 19.1. The second-order valence-electron chi connectivity index (χ2n) is 7.86. The van der Waals surface area contributed by atoms with E-state index in [0.29, 0.717) is 34.0 Å².